The summed E-state index contributed by atoms with van der Waals surface area (Å²) in [5.41, 5.74) is 0.0229. The van der Waals surface area contributed by atoms with E-state index in [1.54, 1.807) is 42.5 Å². The molecule has 0 fully saturated rings. The predicted molar refractivity (Wildman–Crippen MR) is 114 cm³/mol. The van der Waals surface area contributed by atoms with Gasteiger partial charge >= 0.3 is 0 Å². The number of hydrogen-bond donors (Lipinski definition) is 2. The van der Waals surface area contributed by atoms with E-state index >= 15 is 0 Å². The zero-order valence-corrected chi connectivity index (χ0v) is 17.8. The summed E-state index contributed by atoms with van der Waals surface area (Å²) in [6.07, 6.45) is 0. The average molecular weight is 471 g/mol. The number of halogens is 1. The molecule has 1 unspecified atom stereocenters. The fourth-order valence-electron chi connectivity index (χ4n) is 3.08. The van der Waals surface area contributed by atoms with Gasteiger partial charge in [0, 0.05) is 28.3 Å². The predicted octanol–water partition coefficient (Wildman–Crippen LogP) is 3.46. The Morgan fingerprint density at radius 3 is 2.19 bits per heavy atom. The molecule has 32 heavy (non-hydrogen) atoms. The molecular weight excluding hydrogens is 456 g/mol. The van der Waals surface area contributed by atoms with Crippen molar-refractivity contribution in [2.24, 2.45) is 0 Å². The molecule has 0 spiro atoms. The molecule has 0 amide bonds. The van der Waals surface area contributed by atoms with Crippen molar-refractivity contribution in [3.8, 4) is 11.3 Å². The van der Waals surface area contributed by atoms with Crippen molar-refractivity contribution in [1.82, 2.24) is 5.16 Å². The van der Waals surface area contributed by atoms with Gasteiger partial charge in [0.25, 0.3) is 0 Å². The van der Waals surface area contributed by atoms with Crippen LogP contribution in [0.4, 0.5) is 5.69 Å². The van der Waals surface area contributed by atoms with Crippen LogP contribution in [0.3, 0.4) is 0 Å². The van der Waals surface area contributed by atoms with E-state index < -0.39 is 26.5 Å². The molecule has 1 aromatic heterocycles. The summed E-state index contributed by atoms with van der Waals surface area (Å²) in [6.45, 7) is 0. The molecule has 0 saturated heterocycles. The Morgan fingerprint density at radius 2 is 1.59 bits per heavy atom. The number of rotatable bonds is 6. The Morgan fingerprint density at radius 1 is 0.969 bits per heavy atom. The third kappa shape index (κ3) is 4.07. The summed E-state index contributed by atoms with van der Waals surface area (Å²) < 4.78 is 32.3. The van der Waals surface area contributed by atoms with Gasteiger partial charge in [-0.3, -0.25) is 4.79 Å². The van der Waals surface area contributed by atoms with Crippen LogP contribution in [0.15, 0.2) is 93.2 Å². The first-order valence-corrected chi connectivity index (χ1v) is 11.1. The first kappa shape index (κ1) is 21.9. The molecule has 0 bridgehead atoms. The number of aromatic nitrogens is 1. The molecule has 0 aliphatic rings. The quantitative estimate of drug-likeness (QED) is 0.326. The van der Waals surface area contributed by atoms with Crippen LogP contribution in [0.25, 0.3) is 11.3 Å². The fourth-order valence-corrected chi connectivity index (χ4v) is 4.74. The average Bonchev–Trinajstić information content (AvgIpc) is 3.26. The van der Waals surface area contributed by atoms with E-state index in [0.29, 0.717) is 10.6 Å². The number of nitrogens with zero attached hydrogens (tertiary/aromatic N) is 1. The minimum absolute atomic E-state index is 0.0133. The molecule has 2 N–H and O–H groups in total. The van der Waals surface area contributed by atoms with Crippen LogP contribution in [-0.2, 0) is 9.84 Å². The molecule has 1 heterocycles. The number of hydrogen-bond acceptors (Lipinski definition) is 7. The molecule has 3 aromatic carbocycles. The van der Waals surface area contributed by atoms with Gasteiger partial charge in [0.05, 0.1) is 4.90 Å². The Labute approximate surface area is 187 Å². The number of ketones is 1. The smallest absolute Gasteiger partial charge is 0.216 e. The normalized spacial score (nSPS) is 12.5. The molecule has 8 nitrogen and oxygen atoms in total. The van der Waals surface area contributed by atoms with Crippen molar-refractivity contribution >= 4 is 32.9 Å². The summed E-state index contributed by atoms with van der Waals surface area (Å²) in [4.78, 5) is 12.8. The monoisotopic (exact) mass is 470 g/mol. The molecule has 0 aliphatic heterocycles. The molecule has 10 heteroatoms. The van der Waals surface area contributed by atoms with Crippen LogP contribution in [0.2, 0.25) is 5.02 Å². The minimum atomic E-state index is -4.19. The highest BCUT2D eigenvalue weighted by Gasteiger charge is 2.34. The molecular formula is C22H15ClN2O6S. The Bertz CT molecular complexity index is 1370. The lowest BCUT2D eigenvalue weighted by Gasteiger charge is -2.11. The van der Waals surface area contributed by atoms with Gasteiger partial charge in [0.15, 0.2) is 22.0 Å². The summed E-state index contributed by atoms with van der Waals surface area (Å²) in [6, 6.07) is 18.9. The zero-order valence-electron chi connectivity index (χ0n) is 16.2. The molecule has 0 saturated carbocycles. The van der Waals surface area contributed by atoms with Gasteiger partial charge in [-0.25, -0.2) is 13.6 Å². The molecule has 0 aliphatic carbocycles. The van der Waals surface area contributed by atoms with Gasteiger partial charge in [0.1, 0.15) is 0 Å². The van der Waals surface area contributed by atoms with Gasteiger partial charge in [-0.15, -0.1) is 0 Å². The summed E-state index contributed by atoms with van der Waals surface area (Å²) >= 11 is 5.94. The Hall–Kier alpha value is -3.34. The molecule has 162 valence electrons. The second kappa shape index (κ2) is 8.65. The van der Waals surface area contributed by atoms with E-state index in [-0.39, 0.29) is 26.8 Å². The van der Waals surface area contributed by atoms with Crippen molar-refractivity contribution in [2.45, 2.75) is 9.79 Å². The molecule has 1 atom stereocenters. The summed E-state index contributed by atoms with van der Waals surface area (Å²) in [5, 5.41) is 23.2. The van der Waals surface area contributed by atoms with Gasteiger partial charge in [-0.1, -0.05) is 35.0 Å². The first-order valence-electron chi connectivity index (χ1n) is 9.23. The number of benzene rings is 3. The van der Waals surface area contributed by atoms with Crippen molar-refractivity contribution in [3.05, 3.63) is 100 Å². The maximum Gasteiger partial charge on any atom is 0.216 e. The second-order valence-corrected chi connectivity index (χ2v) is 9.05. The zero-order chi connectivity index (χ0) is 22.9. The van der Waals surface area contributed by atoms with Crippen LogP contribution >= 0.6 is 11.6 Å². The van der Waals surface area contributed by atoms with E-state index in [1.165, 1.54) is 36.4 Å². The highest BCUT2D eigenvalue weighted by molar-refractivity contribution is 7.91. The van der Waals surface area contributed by atoms with Crippen LogP contribution in [0.5, 0.6) is 0 Å². The van der Waals surface area contributed by atoms with Crippen LogP contribution in [-0.4, -0.2) is 24.6 Å². The van der Waals surface area contributed by atoms with Crippen molar-refractivity contribution in [1.29, 1.82) is 0 Å². The number of nitrogens with one attached hydrogen (secondary N) is 1. The van der Waals surface area contributed by atoms with Gasteiger partial charge < -0.3 is 9.73 Å². The maximum absolute atomic E-state index is 13.5. The van der Waals surface area contributed by atoms with Crippen molar-refractivity contribution < 1.29 is 28.2 Å². The molecule has 4 rings (SSSR count). The highest BCUT2D eigenvalue weighted by atomic mass is 35.5. The van der Waals surface area contributed by atoms with E-state index in [0.717, 1.165) is 0 Å². The highest BCUT2D eigenvalue weighted by Crippen LogP contribution is 2.35. The first-order chi connectivity index (χ1) is 15.3. The van der Waals surface area contributed by atoms with Gasteiger partial charge in [-0.05, 0) is 48.5 Å². The summed E-state index contributed by atoms with van der Waals surface area (Å²) in [5.74, 6) is -0.823. The minimum Gasteiger partial charge on any atom is -0.595 e. The van der Waals surface area contributed by atoms with Crippen molar-refractivity contribution in [2.75, 3.05) is 0 Å². The Kier molecular flexibility index (Phi) is 5.92. The fraction of sp³-hybridized carbons (Fsp3) is 0. The van der Waals surface area contributed by atoms with E-state index in [1.807, 2.05) is 0 Å². The molecule has 0 radical (unpaired) electrons. The van der Waals surface area contributed by atoms with Crippen LogP contribution in [0.1, 0.15) is 16.1 Å². The lowest BCUT2D eigenvalue weighted by atomic mass is 10.1. The number of sulfone groups is 1. The van der Waals surface area contributed by atoms with Crippen LogP contribution in [0, 0.1) is 5.21 Å². The largest absolute Gasteiger partial charge is 0.595 e. The van der Waals surface area contributed by atoms with Crippen molar-refractivity contribution in [3.63, 3.8) is 0 Å². The second-order valence-electron chi connectivity index (χ2n) is 6.72. The van der Waals surface area contributed by atoms with E-state index in [4.69, 9.17) is 21.3 Å². The third-order valence-electron chi connectivity index (χ3n) is 4.69. The molecule has 4 aromatic rings. The summed E-state index contributed by atoms with van der Waals surface area (Å²) in [7, 11) is -4.19. The lowest BCUT2D eigenvalue weighted by molar-refractivity contribution is -0.991. The standard InChI is InChI=1S/C22H15ClN2O6S/c23-16-10-6-15(7-11-16)21-22(32(29,30)18-4-2-1-3-5-18)19(24-31-21)20(26)14-8-12-17(13-9-14)25(27)28/h1-13,25,27H. The topological polar surface area (TPSA) is 125 Å². The van der Waals surface area contributed by atoms with Crippen LogP contribution < -0.4 is 5.23 Å². The van der Waals surface area contributed by atoms with E-state index in [9.17, 15) is 18.4 Å². The SMILES string of the molecule is O=C(c1ccc([NH+]([O-])O)cc1)c1noc(-c2ccc(Cl)cc2)c1S(=O)(=O)c1ccccc1. The lowest BCUT2D eigenvalue weighted by Crippen LogP contribution is -2.99. The Balaban J connectivity index is 1.90. The maximum atomic E-state index is 13.5. The third-order valence-corrected chi connectivity index (χ3v) is 6.75. The van der Waals surface area contributed by atoms with Gasteiger partial charge in [-0.2, -0.15) is 5.23 Å². The van der Waals surface area contributed by atoms with E-state index in [2.05, 4.69) is 5.16 Å². The number of carbonyl (C=O) groups is 1. The number of quaternary nitrogens is 1. The number of carbonyl (C=O) groups excluding carboxylic acids is 1. The van der Waals surface area contributed by atoms with Gasteiger partial charge in [0.2, 0.25) is 15.6 Å².